The molecule has 4 rings (SSSR count). The molecule has 192 valence electrons. The summed E-state index contributed by atoms with van der Waals surface area (Å²) < 4.78 is 1.85. The van der Waals surface area contributed by atoms with Gasteiger partial charge >= 0.3 is 5.97 Å². The van der Waals surface area contributed by atoms with Gasteiger partial charge in [0, 0.05) is 12.3 Å². The molecule has 0 radical (unpaired) electrons. The number of rotatable bonds is 10. The van der Waals surface area contributed by atoms with Gasteiger partial charge in [-0.1, -0.05) is 105 Å². The minimum Gasteiger partial charge on any atom is -0.480 e. The van der Waals surface area contributed by atoms with Gasteiger partial charge in [0.05, 0.1) is 17.0 Å². The van der Waals surface area contributed by atoms with E-state index in [1.165, 1.54) is 11.8 Å². The number of carboxylic acid groups (broad SMARTS) is 1. The summed E-state index contributed by atoms with van der Waals surface area (Å²) in [5, 5.41) is 13.9. The first-order valence-electron chi connectivity index (χ1n) is 12.5. The zero-order valence-corrected chi connectivity index (χ0v) is 22.2. The highest BCUT2D eigenvalue weighted by molar-refractivity contribution is 7.99. The molecule has 0 aliphatic carbocycles. The second-order valence-corrected chi connectivity index (χ2v) is 11.2. The number of para-hydroxylation sites is 2. The monoisotopic (exact) mass is 515 g/mol. The molecular weight excluding hydrogens is 482 g/mol. The summed E-state index contributed by atoms with van der Waals surface area (Å²) in [7, 11) is 0. The van der Waals surface area contributed by atoms with Gasteiger partial charge in [-0.2, -0.15) is 0 Å². The number of carboxylic acids is 1. The lowest BCUT2D eigenvalue weighted by atomic mass is 9.86. The number of hydrogen-bond donors (Lipinski definition) is 2. The van der Waals surface area contributed by atoms with Gasteiger partial charge in [-0.05, 0) is 35.1 Å². The topological polar surface area (TPSA) is 84.2 Å². The Morgan fingerprint density at radius 3 is 2.05 bits per heavy atom. The lowest BCUT2D eigenvalue weighted by molar-refractivity contribution is -0.144. The molecule has 1 heterocycles. The second-order valence-electron chi connectivity index (χ2n) is 10.1. The Hall–Kier alpha value is -3.58. The van der Waals surface area contributed by atoms with Gasteiger partial charge < -0.3 is 15.0 Å². The average molecular weight is 516 g/mol. The molecule has 6 nitrogen and oxygen atoms in total. The maximum Gasteiger partial charge on any atom is 0.327 e. The van der Waals surface area contributed by atoms with Gasteiger partial charge in [-0.15, -0.1) is 0 Å². The molecule has 0 bridgehead atoms. The van der Waals surface area contributed by atoms with Crippen LogP contribution in [0, 0.1) is 5.41 Å². The lowest BCUT2D eigenvalue weighted by Gasteiger charge is -2.29. The zero-order valence-electron chi connectivity index (χ0n) is 21.4. The minimum absolute atomic E-state index is 0.0340. The highest BCUT2D eigenvalue weighted by atomic mass is 32.2. The molecule has 37 heavy (non-hydrogen) atoms. The summed E-state index contributed by atoms with van der Waals surface area (Å²) in [6.07, 6.45) is 0.725. The van der Waals surface area contributed by atoms with Crippen molar-refractivity contribution in [1.29, 1.82) is 0 Å². The molecule has 2 N–H and O–H groups in total. The van der Waals surface area contributed by atoms with E-state index in [0.717, 1.165) is 28.6 Å². The third kappa shape index (κ3) is 6.23. The Labute approximate surface area is 222 Å². The molecule has 0 fully saturated rings. The number of hydrogen-bond acceptors (Lipinski definition) is 4. The van der Waals surface area contributed by atoms with Crippen molar-refractivity contribution in [2.24, 2.45) is 5.41 Å². The largest absolute Gasteiger partial charge is 0.480 e. The number of amides is 1. The summed E-state index contributed by atoms with van der Waals surface area (Å²) in [6.45, 7) is 6.31. The van der Waals surface area contributed by atoms with Crippen molar-refractivity contribution in [1.82, 2.24) is 14.9 Å². The van der Waals surface area contributed by atoms with Crippen molar-refractivity contribution in [3.8, 4) is 0 Å². The molecule has 4 aromatic rings. The molecule has 1 amide bonds. The van der Waals surface area contributed by atoms with E-state index in [2.05, 4.69) is 5.32 Å². The summed E-state index contributed by atoms with van der Waals surface area (Å²) in [5.74, 6) is -0.588. The van der Waals surface area contributed by atoms with Crippen LogP contribution in [0.2, 0.25) is 0 Å². The van der Waals surface area contributed by atoms with Crippen LogP contribution in [0.5, 0.6) is 0 Å². The Morgan fingerprint density at radius 1 is 0.919 bits per heavy atom. The number of aliphatic carboxylic acids is 1. The fourth-order valence-corrected chi connectivity index (χ4v) is 5.55. The van der Waals surface area contributed by atoms with Crippen LogP contribution >= 0.6 is 11.8 Å². The fourth-order valence-electron chi connectivity index (χ4n) is 4.58. The van der Waals surface area contributed by atoms with Crippen molar-refractivity contribution in [3.63, 3.8) is 0 Å². The maximum atomic E-state index is 13.2. The van der Waals surface area contributed by atoms with E-state index in [-0.39, 0.29) is 11.8 Å². The molecule has 1 unspecified atom stereocenters. The number of fused-ring (bicyclic) bond motifs is 1. The number of imidazole rings is 1. The molecule has 0 aliphatic heterocycles. The summed E-state index contributed by atoms with van der Waals surface area (Å²) in [5.41, 5.74) is 3.01. The Bertz CT molecular complexity index is 1310. The van der Waals surface area contributed by atoms with Gasteiger partial charge in [0.2, 0.25) is 5.91 Å². The van der Waals surface area contributed by atoms with E-state index < -0.39 is 17.4 Å². The number of carbonyl (C=O) groups excluding carboxylic acids is 1. The van der Waals surface area contributed by atoms with Crippen LogP contribution in [0.15, 0.2) is 90.1 Å². The van der Waals surface area contributed by atoms with Gasteiger partial charge in [0.1, 0.15) is 6.04 Å². The quantitative estimate of drug-likeness (QED) is 0.196. The van der Waals surface area contributed by atoms with Crippen molar-refractivity contribution in [3.05, 3.63) is 96.1 Å². The Balaban J connectivity index is 1.44. The normalized spacial score (nSPS) is 12.5. The number of aromatic nitrogens is 2. The SMILES string of the molecule is CC(C)(C)C(C(=O)O)n1c(SCCCNC(=O)C(c2ccccc2)c2ccccc2)nc2ccccc21. The molecule has 3 aromatic carbocycles. The number of nitrogens with one attached hydrogen (secondary N) is 1. The highest BCUT2D eigenvalue weighted by Gasteiger charge is 2.35. The molecule has 0 saturated heterocycles. The number of benzene rings is 3. The smallest absolute Gasteiger partial charge is 0.327 e. The average Bonchev–Trinajstić information content (AvgIpc) is 3.22. The van der Waals surface area contributed by atoms with Gasteiger partial charge in [0.25, 0.3) is 0 Å². The van der Waals surface area contributed by atoms with Crippen molar-refractivity contribution in [2.45, 2.75) is 44.3 Å². The van der Waals surface area contributed by atoms with E-state index in [1.54, 1.807) is 0 Å². The third-order valence-corrected chi connectivity index (χ3v) is 7.29. The maximum absolute atomic E-state index is 13.2. The summed E-state index contributed by atoms with van der Waals surface area (Å²) >= 11 is 1.52. The molecule has 1 aromatic heterocycles. The molecule has 0 aliphatic rings. The highest BCUT2D eigenvalue weighted by Crippen LogP contribution is 2.37. The van der Waals surface area contributed by atoms with Crippen LogP contribution in [-0.4, -0.2) is 38.8 Å². The van der Waals surface area contributed by atoms with E-state index in [1.807, 2.05) is 110 Å². The lowest BCUT2D eigenvalue weighted by Crippen LogP contribution is -2.32. The van der Waals surface area contributed by atoms with Gasteiger partial charge in [0.15, 0.2) is 5.16 Å². The predicted octanol–water partition coefficient (Wildman–Crippen LogP) is 6.14. The first-order valence-corrected chi connectivity index (χ1v) is 13.5. The van der Waals surface area contributed by atoms with E-state index >= 15 is 0 Å². The number of nitrogens with zero attached hydrogens (tertiary/aromatic N) is 2. The molecule has 0 spiro atoms. The van der Waals surface area contributed by atoms with E-state index in [0.29, 0.717) is 17.5 Å². The first kappa shape index (κ1) is 26.5. The van der Waals surface area contributed by atoms with Crippen LogP contribution in [0.1, 0.15) is 50.3 Å². The molecule has 1 atom stereocenters. The van der Waals surface area contributed by atoms with Crippen LogP contribution in [0.3, 0.4) is 0 Å². The minimum atomic E-state index is -0.877. The predicted molar refractivity (Wildman–Crippen MR) is 149 cm³/mol. The van der Waals surface area contributed by atoms with Crippen molar-refractivity contribution < 1.29 is 14.7 Å². The first-order chi connectivity index (χ1) is 17.8. The standard InChI is InChI=1S/C30H33N3O3S/c1-30(2,3)26(28(35)36)33-24-18-11-10-17-23(24)32-29(33)37-20-12-19-31-27(34)25(21-13-6-4-7-14-21)22-15-8-5-9-16-22/h4-11,13-18,25-26H,12,19-20H2,1-3H3,(H,31,34)(H,35,36). The Morgan fingerprint density at radius 2 is 1.49 bits per heavy atom. The Kier molecular flexibility index (Phi) is 8.34. The van der Waals surface area contributed by atoms with Crippen LogP contribution < -0.4 is 5.32 Å². The molecule has 7 heteroatoms. The van der Waals surface area contributed by atoms with Crippen LogP contribution in [0.4, 0.5) is 0 Å². The number of thioether (sulfide) groups is 1. The second kappa shape index (κ2) is 11.6. The third-order valence-electron chi connectivity index (χ3n) is 6.26. The van der Waals surface area contributed by atoms with E-state index in [4.69, 9.17) is 4.98 Å². The van der Waals surface area contributed by atoms with Gasteiger partial charge in [-0.3, -0.25) is 4.79 Å². The van der Waals surface area contributed by atoms with Crippen molar-refractivity contribution in [2.75, 3.05) is 12.3 Å². The van der Waals surface area contributed by atoms with E-state index in [9.17, 15) is 14.7 Å². The van der Waals surface area contributed by atoms with Crippen LogP contribution in [-0.2, 0) is 9.59 Å². The van der Waals surface area contributed by atoms with Crippen molar-refractivity contribution >= 4 is 34.7 Å². The summed E-state index contributed by atoms with van der Waals surface area (Å²) in [4.78, 5) is 30.3. The fraction of sp³-hybridized carbons (Fsp3) is 0.300. The molecule has 0 saturated carbocycles. The zero-order chi connectivity index (χ0) is 26.4. The van der Waals surface area contributed by atoms with Gasteiger partial charge in [-0.25, -0.2) is 9.78 Å². The summed E-state index contributed by atoms with van der Waals surface area (Å²) in [6, 6.07) is 26.5. The molecular formula is C30H33N3O3S. The van der Waals surface area contributed by atoms with Crippen LogP contribution in [0.25, 0.3) is 11.0 Å². The number of carbonyl (C=O) groups is 2.